The molecule has 7 nitrogen and oxygen atoms in total. The number of anilines is 1. The minimum atomic E-state index is -0.190. The van der Waals surface area contributed by atoms with Crippen molar-refractivity contribution < 1.29 is 9.59 Å². The van der Waals surface area contributed by atoms with Gasteiger partial charge in [0.1, 0.15) is 10.8 Å². The van der Waals surface area contributed by atoms with Crippen molar-refractivity contribution in [2.45, 2.75) is 52.6 Å². The van der Waals surface area contributed by atoms with Crippen molar-refractivity contribution in [2.75, 3.05) is 12.4 Å². The molecule has 0 unspecified atom stereocenters. The van der Waals surface area contributed by atoms with Crippen molar-refractivity contribution in [3.63, 3.8) is 0 Å². The molecule has 0 aliphatic heterocycles. The monoisotopic (exact) mass is 487 g/mol. The predicted octanol–water partition coefficient (Wildman–Crippen LogP) is 4.96. The molecule has 2 heterocycles. The van der Waals surface area contributed by atoms with Gasteiger partial charge in [0, 0.05) is 31.1 Å². The average molecular weight is 488 g/mol. The average Bonchev–Trinajstić information content (AvgIpc) is 3.38. The van der Waals surface area contributed by atoms with E-state index in [1.54, 1.807) is 22.3 Å². The van der Waals surface area contributed by atoms with Crippen molar-refractivity contribution in [1.82, 2.24) is 19.4 Å². The van der Waals surface area contributed by atoms with Gasteiger partial charge in [-0.3, -0.25) is 9.59 Å². The first-order valence-corrected chi connectivity index (χ1v) is 12.8. The highest BCUT2D eigenvalue weighted by molar-refractivity contribution is 7.11. The Balaban J connectivity index is 1.53. The van der Waals surface area contributed by atoms with Crippen LogP contribution in [-0.2, 0) is 30.7 Å². The summed E-state index contributed by atoms with van der Waals surface area (Å²) in [5.74, 6) is 0.502. The van der Waals surface area contributed by atoms with E-state index in [4.69, 9.17) is 9.97 Å². The minimum absolute atomic E-state index is 0.121. The van der Waals surface area contributed by atoms with E-state index in [1.165, 1.54) is 30.3 Å². The molecule has 0 spiro atoms. The van der Waals surface area contributed by atoms with Crippen LogP contribution in [0.1, 0.15) is 57.1 Å². The summed E-state index contributed by atoms with van der Waals surface area (Å²) < 4.78 is 2.07. The van der Waals surface area contributed by atoms with Gasteiger partial charge in [-0.15, -0.1) is 11.3 Å². The van der Waals surface area contributed by atoms with E-state index in [2.05, 4.69) is 22.0 Å². The van der Waals surface area contributed by atoms with Gasteiger partial charge in [-0.1, -0.05) is 30.3 Å². The van der Waals surface area contributed by atoms with Gasteiger partial charge in [-0.25, -0.2) is 9.97 Å². The summed E-state index contributed by atoms with van der Waals surface area (Å²) in [6.07, 6.45) is 4.51. The predicted molar refractivity (Wildman–Crippen MR) is 139 cm³/mol. The van der Waals surface area contributed by atoms with E-state index < -0.39 is 0 Å². The van der Waals surface area contributed by atoms with Gasteiger partial charge >= 0.3 is 0 Å². The fourth-order valence-electron chi connectivity index (χ4n) is 4.74. The maximum absolute atomic E-state index is 13.8. The van der Waals surface area contributed by atoms with Crippen LogP contribution >= 0.6 is 11.3 Å². The lowest BCUT2D eigenvalue weighted by Gasteiger charge is -2.18. The van der Waals surface area contributed by atoms with E-state index in [0.29, 0.717) is 29.9 Å². The zero-order valence-electron chi connectivity index (χ0n) is 20.3. The Kier molecular flexibility index (Phi) is 6.38. The molecule has 0 bridgehead atoms. The molecule has 0 atom stereocenters. The normalized spacial score (nSPS) is 13.0. The van der Waals surface area contributed by atoms with E-state index in [0.717, 1.165) is 34.8 Å². The first-order valence-electron chi connectivity index (χ1n) is 11.9. The van der Waals surface area contributed by atoms with Crippen molar-refractivity contribution in [3.8, 4) is 0 Å². The lowest BCUT2D eigenvalue weighted by atomic mass is 10.0. The number of carbonyl (C=O) groups excluding carboxylic acids is 2. The summed E-state index contributed by atoms with van der Waals surface area (Å²) in [5.41, 5.74) is 4.87. The number of carbonyl (C=O) groups is 2. The van der Waals surface area contributed by atoms with Gasteiger partial charge in [-0.05, 0) is 50.3 Å². The third-order valence-electron chi connectivity index (χ3n) is 6.38. The van der Waals surface area contributed by atoms with Gasteiger partial charge < -0.3 is 14.8 Å². The van der Waals surface area contributed by atoms with Gasteiger partial charge in [0.2, 0.25) is 5.91 Å². The van der Waals surface area contributed by atoms with Gasteiger partial charge in [-0.2, -0.15) is 0 Å². The second-order valence-corrected chi connectivity index (χ2v) is 10.3. The quantitative estimate of drug-likeness (QED) is 0.417. The van der Waals surface area contributed by atoms with Crippen molar-refractivity contribution in [2.24, 2.45) is 0 Å². The van der Waals surface area contributed by atoms with Crippen LogP contribution in [0.3, 0.4) is 0 Å². The van der Waals surface area contributed by atoms with Gasteiger partial charge in [0.05, 0.1) is 28.8 Å². The Hall–Kier alpha value is -3.52. The van der Waals surface area contributed by atoms with Crippen molar-refractivity contribution in [3.05, 3.63) is 75.0 Å². The van der Waals surface area contributed by atoms with Crippen LogP contribution in [0.15, 0.2) is 42.5 Å². The summed E-state index contributed by atoms with van der Waals surface area (Å²) in [5, 5.41) is 3.79. The largest absolute Gasteiger partial charge is 0.335 e. The number of amides is 2. The zero-order valence-corrected chi connectivity index (χ0v) is 21.1. The van der Waals surface area contributed by atoms with Gasteiger partial charge in [0.15, 0.2) is 0 Å². The van der Waals surface area contributed by atoms with Gasteiger partial charge in [0.25, 0.3) is 5.91 Å². The SMILES string of the molecule is CC(=O)Nc1cc(C(=O)N(C)Cc2nc3c(s2)CCCC3)c2c(c1)nc(C)n2Cc1ccccc1. The number of hydrogen-bond acceptors (Lipinski definition) is 5. The number of nitrogens with one attached hydrogen (secondary N) is 1. The Morgan fingerprint density at radius 1 is 1.11 bits per heavy atom. The third kappa shape index (κ3) is 4.84. The van der Waals surface area contributed by atoms with Crippen LogP contribution in [0.25, 0.3) is 11.0 Å². The molecule has 8 heteroatoms. The molecule has 0 saturated carbocycles. The van der Waals surface area contributed by atoms with Crippen molar-refractivity contribution >= 4 is 39.9 Å². The molecule has 0 fully saturated rings. The van der Waals surface area contributed by atoms with Crippen LogP contribution in [0.2, 0.25) is 0 Å². The first kappa shape index (κ1) is 23.2. The molecule has 5 rings (SSSR count). The Morgan fingerprint density at radius 2 is 1.89 bits per heavy atom. The van der Waals surface area contributed by atoms with Crippen LogP contribution in [0.4, 0.5) is 5.69 Å². The van der Waals surface area contributed by atoms with E-state index >= 15 is 0 Å². The van der Waals surface area contributed by atoms with E-state index in [-0.39, 0.29) is 11.8 Å². The Bertz CT molecular complexity index is 1380. The molecule has 2 aromatic heterocycles. The van der Waals surface area contributed by atoms with Crippen LogP contribution < -0.4 is 5.32 Å². The number of aryl methyl sites for hydroxylation is 3. The highest BCUT2D eigenvalue weighted by atomic mass is 32.1. The molecular weight excluding hydrogens is 458 g/mol. The summed E-state index contributed by atoms with van der Waals surface area (Å²) in [6, 6.07) is 13.7. The zero-order chi connectivity index (χ0) is 24.5. The summed E-state index contributed by atoms with van der Waals surface area (Å²) in [4.78, 5) is 38.2. The fraction of sp³-hybridized carbons (Fsp3) is 0.333. The van der Waals surface area contributed by atoms with E-state index in [1.807, 2.05) is 38.2 Å². The molecule has 1 aliphatic carbocycles. The number of rotatable bonds is 6. The minimum Gasteiger partial charge on any atom is -0.335 e. The lowest BCUT2D eigenvalue weighted by molar-refractivity contribution is -0.114. The van der Waals surface area contributed by atoms with Crippen LogP contribution in [-0.4, -0.2) is 38.3 Å². The molecule has 2 amide bonds. The second kappa shape index (κ2) is 9.62. The highest BCUT2D eigenvalue weighted by Gasteiger charge is 2.23. The number of fused-ring (bicyclic) bond motifs is 2. The molecule has 35 heavy (non-hydrogen) atoms. The third-order valence-corrected chi connectivity index (χ3v) is 7.52. The number of imidazole rings is 1. The molecule has 0 saturated heterocycles. The topological polar surface area (TPSA) is 80.1 Å². The molecular formula is C27H29N5O2S. The molecule has 0 radical (unpaired) electrons. The number of thiazole rings is 1. The maximum Gasteiger partial charge on any atom is 0.256 e. The summed E-state index contributed by atoms with van der Waals surface area (Å²) in [7, 11) is 1.81. The first-order chi connectivity index (χ1) is 16.9. The summed E-state index contributed by atoms with van der Waals surface area (Å²) in [6.45, 7) is 4.46. The molecule has 4 aromatic rings. The number of hydrogen-bond donors (Lipinski definition) is 1. The molecule has 1 aliphatic rings. The fourth-order valence-corrected chi connectivity index (χ4v) is 5.95. The lowest BCUT2D eigenvalue weighted by Crippen LogP contribution is -2.27. The Labute approximate surface area is 208 Å². The smallest absolute Gasteiger partial charge is 0.256 e. The Morgan fingerprint density at radius 3 is 2.63 bits per heavy atom. The molecule has 1 N–H and O–H groups in total. The van der Waals surface area contributed by atoms with Crippen molar-refractivity contribution in [1.29, 1.82) is 0 Å². The van der Waals surface area contributed by atoms with Crippen LogP contribution in [0.5, 0.6) is 0 Å². The molecule has 2 aromatic carbocycles. The van der Waals surface area contributed by atoms with E-state index in [9.17, 15) is 9.59 Å². The second-order valence-electron chi connectivity index (χ2n) is 9.15. The maximum atomic E-state index is 13.8. The highest BCUT2D eigenvalue weighted by Crippen LogP contribution is 2.30. The molecule has 180 valence electrons. The number of nitrogens with zero attached hydrogens (tertiary/aromatic N) is 4. The van der Waals surface area contributed by atoms with Crippen LogP contribution in [0, 0.1) is 6.92 Å². The summed E-state index contributed by atoms with van der Waals surface area (Å²) >= 11 is 1.72. The standard InChI is InChI=1S/C27H29N5O2S/c1-17-28-23-14-20(29-18(2)33)13-21(26(23)32(17)15-19-9-5-4-6-10-19)27(34)31(3)16-25-30-22-11-7-8-12-24(22)35-25/h4-6,9-10,13-14H,7-8,11-12,15-16H2,1-3H3,(H,29,33). The number of benzene rings is 2. The number of aromatic nitrogens is 3.